The van der Waals surface area contributed by atoms with Crippen molar-refractivity contribution >= 4 is 39.2 Å². The first-order valence-corrected chi connectivity index (χ1v) is 10.6. The molecule has 2 aromatic heterocycles. The van der Waals surface area contributed by atoms with Crippen molar-refractivity contribution < 1.29 is 19.4 Å². The van der Waals surface area contributed by atoms with Crippen molar-refractivity contribution in [3.63, 3.8) is 0 Å². The van der Waals surface area contributed by atoms with E-state index in [-0.39, 0.29) is 33.5 Å². The van der Waals surface area contributed by atoms with Gasteiger partial charge >= 0.3 is 0 Å². The van der Waals surface area contributed by atoms with Crippen molar-refractivity contribution in [3.05, 3.63) is 75.9 Å². The molecule has 0 fully saturated rings. The lowest BCUT2D eigenvalue weighted by Crippen LogP contribution is -2.67. The van der Waals surface area contributed by atoms with E-state index in [0.717, 1.165) is 11.8 Å². The van der Waals surface area contributed by atoms with Gasteiger partial charge < -0.3 is 0 Å². The molecular weight excluding hydrogens is 430 g/mol. The van der Waals surface area contributed by atoms with Gasteiger partial charge in [0.25, 0.3) is 11.5 Å². The second-order valence-electron chi connectivity index (χ2n) is 6.21. The monoisotopic (exact) mass is 445 g/mol. The average molecular weight is 445 g/mol. The van der Waals surface area contributed by atoms with E-state index in [0.29, 0.717) is 10.4 Å². The molecule has 0 bridgehead atoms. The van der Waals surface area contributed by atoms with Gasteiger partial charge in [0.2, 0.25) is 0 Å². The van der Waals surface area contributed by atoms with Crippen LogP contribution in [0, 0.1) is 11.6 Å². The third-order valence-electron chi connectivity index (χ3n) is 4.34. The number of thiophene rings is 1. The normalized spacial score (nSPS) is 11.0. The van der Waals surface area contributed by atoms with E-state index in [4.69, 9.17) is 0 Å². The summed E-state index contributed by atoms with van der Waals surface area (Å²) in [6.07, 6.45) is 0. The number of quaternary nitrogens is 1. The maximum absolute atomic E-state index is 14.4. The number of rotatable bonds is 5. The number of thioether (sulfide) groups is 1. The third kappa shape index (κ3) is 3.72. The highest BCUT2D eigenvalue weighted by Crippen LogP contribution is 2.34. The van der Waals surface area contributed by atoms with E-state index in [2.05, 4.69) is 16.3 Å². The molecule has 152 valence electrons. The molecule has 4 rings (SSSR count). The van der Waals surface area contributed by atoms with Gasteiger partial charge in [0.1, 0.15) is 16.5 Å². The first kappa shape index (κ1) is 20.2. The number of nitrogens with zero attached hydrogens (tertiary/aromatic N) is 2. The van der Waals surface area contributed by atoms with Gasteiger partial charge in [0.05, 0.1) is 16.8 Å². The second-order valence-corrected chi connectivity index (χ2v) is 8.01. The summed E-state index contributed by atoms with van der Waals surface area (Å²) < 4.78 is 29.5. The zero-order chi connectivity index (χ0) is 21.3. The Labute approximate surface area is 177 Å². The van der Waals surface area contributed by atoms with E-state index in [1.54, 1.807) is 29.6 Å². The highest BCUT2D eigenvalue weighted by Gasteiger charge is 2.20. The number of halogens is 2. The molecule has 2 aromatic carbocycles. The number of aromatic nitrogens is 2. The third-order valence-corrected chi connectivity index (χ3v) is 6.15. The second kappa shape index (κ2) is 8.34. The first-order chi connectivity index (χ1) is 14.5. The van der Waals surface area contributed by atoms with E-state index < -0.39 is 17.2 Å². The summed E-state index contributed by atoms with van der Waals surface area (Å²) in [4.78, 5) is 30.1. The Balaban J connectivity index is 1.98. The fraction of sp³-hybridized carbons (Fsp3) is 0.0500. The molecule has 30 heavy (non-hydrogen) atoms. The summed E-state index contributed by atoms with van der Waals surface area (Å²) in [6, 6.07) is 11.7. The quantitative estimate of drug-likeness (QED) is 0.281. The standard InChI is InChI=1S/C20H14F2N4O2S2/c21-11-4-3-5-12(8-11)26-19(28)17-14(13-6-1-2-7-15(13)22)9-29-18(17)24-20(26)30-10-16(27)25-23/h1-9H,10,23H2,(H,25,27)/p+1. The molecule has 0 saturated carbocycles. The van der Waals surface area contributed by atoms with Crippen LogP contribution in [0.4, 0.5) is 8.78 Å². The zero-order valence-electron chi connectivity index (χ0n) is 15.4. The van der Waals surface area contributed by atoms with Gasteiger partial charge in [-0.05, 0) is 24.3 Å². The highest BCUT2D eigenvalue weighted by atomic mass is 32.2. The number of hydrogen-bond donors (Lipinski definition) is 2. The summed E-state index contributed by atoms with van der Waals surface area (Å²) in [5.74, 6) is 1.96. The van der Waals surface area contributed by atoms with Crippen molar-refractivity contribution in [3.8, 4) is 16.8 Å². The molecule has 0 aliphatic heterocycles. The van der Waals surface area contributed by atoms with Crippen LogP contribution in [0.1, 0.15) is 0 Å². The maximum Gasteiger partial charge on any atom is 0.275 e. The Kier molecular flexibility index (Phi) is 5.62. The van der Waals surface area contributed by atoms with Gasteiger partial charge in [-0.2, -0.15) is 0 Å². The smallest absolute Gasteiger partial charge is 0.269 e. The largest absolute Gasteiger partial charge is 0.275 e. The molecular formula is C20H15F2N4O2S2+. The van der Waals surface area contributed by atoms with Crippen molar-refractivity contribution in [2.45, 2.75) is 5.16 Å². The number of fused-ring (bicyclic) bond motifs is 1. The minimum atomic E-state index is -0.523. The lowest BCUT2D eigenvalue weighted by atomic mass is 10.1. The summed E-state index contributed by atoms with van der Waals surface area (Å²) in [5, 5.41) is 2.13. The van der Waals surface area contributed by atoms with Crippen LogP contribution in [0.2, 0.25) is 0 Å². The van der Waals surface area contributed by atoms with Gasteiger partial charge in [-0.25, -0.2) is 19.2 Å². The molecule has 0 spiro atoms. The fourth-order valence-corrected chi connectivity index (χ4v) is 4.79. The molecule has 1 amide bonds. The van der Waals surface area contributed by atoms with Crippen LogP contribution >= 0.6 is 23.1 Å². The number of carbonyl (C=O) groups is 1. The van der Waals surface area contributed by atoms with Crippen LogP contribution in [0.25, 0.3) is 27.0 Å². The van der Waals surface area contributed by atoms with E-state index in [1.165, 1.54) is 40.2 Å². The number of carbonyl (C=O) groups excluding carboxylic acids is 1. The number of amides is 1. The minimum absolute atomic E-state index is 0.0255. The van der Waals surface area contributed by atoms with E-state index in [9.17, 15) is 18.4 Å². The molecule has 0 aliphatic carbocycles. The summed E-state index contributed by atoms with van der Waals surface area (Å²) in [5.41, 5.74) is 2.76. The van der Waals surface area contributed by atoms with Crippen LogP contribution in [-0.4, -0.2) is 21.2 Å². The zero-order valence-corrected chi connectivity index (χ0v) is 17.0. The van der Waals surface area contributed by atoms with Crippen molar-refractivity contribution in [2.75, 3.05) is 5.75 Å². The number of nitrogens with one attached hydrogen (secondary N) is 1. The van der Waals surface area contributed by atoms with Gasteiger partial charge in [-0.15, -0.1) is 11.3 Å². The maximum atomic E-state index is 14.4. The predicted octanol–water partition coefficient (Wildman–Crippen LogP) is 2.76. The molecule has 2 heterocycles. The average Bonchev–Trinajstić information content (AvgIpc) is 3.16. The van der Waals surface area contributed by atoms with Crippen molar-refractivity contribution in [2.24, 2.45) is 0 Å². The Bertz CT molecular complexity index is 1320. The van der Waals surface area contributed by atoms with Crippen LogP contribution in [0.15, 0.2) is 63.9 Å². The molecule has 10 heteroatoms. The van der Waals surface area contributed by atoms with Gasteiger partial charge in [0, 0.05) is 16.5 Å². The lowest BCUT2D eigenvalue weighted by molar-refractivity contribution is -0.426. The van der Waals surface area contributed by atoms with Crippen LogP contribution in [0.5, 0.6) is 0 Å². The van der Waals surface area contributed by atoms with Crippen LogP contribution in [-0.2, 0) is 4.79 Å². The van der Waals surface area contributed by atoms with Gasteiger partial charge in [0.15, 0.2) is 5.16 Å². The fourth-order valence-electron chi connectivity index (χ4n) is 2.97. The van der Waals surface area contributed by atoms with E-state index in [1.807, 2.05) is 0 Å². The topological polar surface area (TPSA) is 91.6 Å². The molecule has 0 aliphatic rings. The van der Waals surface area contributed by atoms with Crippen molar-refractivity contribution in [1.29, 1.82) is 0 Å². The first-order valence-electron chi connectivity index (χ1n) is 8.73. The summed E-state index contributed by atoms with van der Waals surface area (Å²) >= 11 is 2.23. The SMILES string of the molecule is [NH3+]NC(=O)CSc1nc2scc(-c3ccccc3F)c2c(=O)n1-c1cccc(F)c1. The number of benzene rings is 2. The number of hydrogen-bond acceptors (Lipinski definition) is 5. The summed E-state index contributed by atoms with van der Waals surface area (Å²) in [7, 11) is 0. The predicted molar refractivity (Wildman–Crippen MR) is 112 cm³/mol. The van der Waals surface area contributed by atoms with Gasteiger partial charge in [-0.1, -0.05) is 36.0 Å². The summed E-state index contributed by atoms with van der Waals surface area (Å²) in [6.45, 7) is 0. The Hall–Kier alpha value is -3.08. The van der Waals surface area contributed by atoms with Gasteiger partial charge in [-0.3, -0.25) is 20.0 Å². The van der Waals surface area contributed by atoms with E-state index >= 15 is 0 Å². The molecule has 0 radical (unpaired) electrons. The molecule has 0 saturated heterocycles. The molecule has 0 unspecified atom stereocenters. The lowest BCUT2D eigenvalue weighted by Gasteiger charge is -2.12. The molecule has 4 aromatic rings. The van der Waals surface area contributed by atoms with Crippen LogP contribution in [0.3, 0.4) is 0 Å². The Morgan fingerprint density at radius 1 is 1.17 bits per heavy atom. The van der Waals surface area contributed by atoms with Crippen LogP contribution < -0.4 is 16.8 Å². The molecule has 6 nitrogen and oxygen atoms in total. The Morgan fingerprint density at radius 3 is 2.70 bits per heavy atom. The molecule has 0 atom stereocenters. The highest BCUT2D eigenvalue weighted by molar-refractivity contribution is 7.99. The Morgan fingerprint density at radius 2 is 1.97 bits per heavy atom. The molecule has 4 N–H and O–H groups in total. The van der Waals surface area contributed by atoms with Crippen molar-refractivity contribution in [1.82, 2.24) is 15.0 Å². The minimum Gasteiger partial charge on any atom is -0.269 e.